The van der Waals surface area contributed by atoms with Crippen molar-refractivity contribution < 1.29 is 9.53 Å². The van der Waals surface area contributed by atoms with Crippen LogP contribution in [-0.2, 0) is 0 Å². The van der Waals surface area contributed by atoms with E-state index in [0.717, 1.165) is 22.0 Å². The molecule has 2 aromatic rings. The Kier molecular flexibility index (Phi) is 6.12. The number of thiazole rings is 1. The molecule has 1 atom stereocenters. The fourth-order valence-electron chi connectivity index (χ4n) is 2.02. The molecule has 0 spiro atoms. The zero-order valence-corrected chi connectivity index (χ0v) is 14.6. The minimum absolute atomic E-state index is 0.0857. The molecule has 0 aliphatic heterocycles. The lowest BCUT2D eigenvalue weighted by Gasteiger charge is -2.09. The van der Waals surface area contributed by atoms with Crippen LogP contribution in [0.5, 0.6) is 5.75 Å². The molecule has 0 aliphatic rings. The van der Waals surface area contributed by atoms with E-state index in [1.165, 1.54) is 11.3 Å². The van der Waals surface area contributed by atoms with Crippen molar-refractivity contribution in [3.8, 4) is 16.3 Å². The molecule has 1 amide bonds. The number of carbonyl (C=O) groups is 1. The molecule has 0 saturated heterocycles. The Labute approximate surface area is 140 Å². The van der Waals surface area contributed by atoms with Crippen molar-refractivity contribution in [1.82, 2.24) is 10.3 Å². The molecule has 1 heterocycles. The average molecular weight is 333 g/mol. The molecule has 0 fully saturated rings. The average Bonchev–Trinajstić information content (AvgIpc) is 2.95. The molecule has 0 aliphatic carbocycles. The molecule has 1 aromatic heterocycles. The molecular weight excluding hydrogens is 310 g/mol. The number of ether oxygens (including phenoxy) is 1. The van der Waals surface area contributed by atoms with E-state index < -0.39 is 0 Å². The third-order valence-corrected chi connectivity index (χ3v) is 4.63. The number of nitrogens with one attached hydrogen (secondary N) is 1. The number of nitrogens with zero attached hydrogens (tertiary/aromatic N) is 1. The van der Waals surface area contributed by atoms with E-state index in [4.69, 9.17) is 10.5 Å². The molecule has 23 heavy (non-hydrogen) atoms. The van der Waals surface area contributed by atoms with Gasteiger partial charge in [-0.25, -0.2) is 4.98 Å². The second kappa shape index (κ2) is 8.08. The number of carbonyl (C=O) groups excluding carboxylic acids is 1. The SMILES string of the molecule is CCOc1ccc(-c2nc(C)c(C(=O)NCC(C)CN)s2)cc1. The van der Waals surface area contributed by atoms with E-state index in [9.17, 15) is 4.79 Å². The van der Waals surface area contributed by atoms with Crippen LogP contribution in [0.15, 0.2) is 24.3 Å². The summed E-state index contributed by atoms with van der Waals surface area (Å²) in [5.41, 5.74) is 7.30. The Hall–Kier alpha value is -1.92. The fraction of sp³-hybridized carbons (Fsp3) is 0.412. The summed E-state index contributed by atoms with van der Waals surface area (Å²) in [5, 5.41) is 3.75. The minimum atomic E-state index is -0.0857. The van der Waals surface area contributed by atoms with E-state index in [1.807, 2.05) is 45.0 Å². The van der Waals surface area contributed by atoms with Crippen molar-refractivity contribution in [2.45, 2.75) is 20.8 Å². The van der Waals surface area contributed by atoms with Crippen LogP contribution in [0.4, 0.5) is 0 Å². The second-order valence-electron chi connectivity index (χ2n) is 5.44. The summed E-state index contributed by atoms with van der Waals surface area (Å²) in [6.45, 7) is 7.58. The van der Waals surface area contributed by atoms with Crippen LogP contribution < -0.4 is 15.8 Å². The standard InChI is InChI=1S/C17H23N3O2S/c1-4-22-14-7-5-13(6-8-14)17-20-12(3)15(23-17)16(21)19-10-11(2)9-18/h5-8,11H,4,9-10,18H2,1-3H3,(H,19,21). The maximum Gasteiger partial charge on any atom is 0.263 e. The van der Waals surface area contributed by atoms with Crippen LogP contribution in [0.2, 0.25) is 0 Å². The van der Waals surface area contributed by atoms with Gasteiger partial charge < -0.3 is 15.8 Å². The van der Waals surface area contributed by atoms with E-state index in [0.29, 0.717) is 24.6 Å². The van der Waals surface area contributed by atoms with Gasteiger partial charge in [0.1, 0.15) is 15.6 Å². The van der Waals surface area contributed by atoms with Gasteiger partial charge in [-0.2, -0.15) is 0 Å². The van der Waals surface area contributed by atoms with Gasteiger partial charge in [0, 0.05) is 12.1 Å². The van der Waals surface area contributed by atoms with Gasteiger partial charge in [-0.3, -0.25) is 4.79 Å². The number of benzene rings is 1. The maximum absolute atomic E-state index is 12.3. The van der Waals surface area contributed by atoms with Gasteiger partial charge in [0.25, 0.3) is 5.91 Å². The molecule has 0 saturated carbocycles. The molecular formula is C17H23N3O2S. The predicted octanol–water partition coefficient (Wildman–Crippen LogP) is 2.84. The quantitative estimate of drug-likeness (QED) is 0.817. The van der Waals surface area contributed by atoms with Crippen LogP contribution >= 0.6 is 11.3 Å². The first-order valence-corrected chi connectivity index (χ1v) is 8.55. The summed E-state index contributed by atoms with van der Waals surface area (Å²) in [6, 6.07) is 7.75. The molecule has 1 unspecified atom stereocenters. The lowest BCUT2D eigenvalue weighted by atomic mass is 10.2. The maximum atomic E-state index is 12.3. The largest absolute Gasteiger partial charge is 0.494 e. The van der Waals surface area contributed by atoms with E-state index in [1.54, 1.807) is 0 Å². The van der Waals surface area contributed by atoms with Gasteiger partial charge >= 0.3 is 0 Å². The van der Waals surface area contributed by atoms with Crippen LogP contribution in [0, 0.1) is 12.8 Å². The number of hydrogen-bond donors (Lipinski definition) is 2. The first kappa shape index (κ1) is 17.4. The minimum Gasteiger partial charge on any atom is -0.494 e. The highest BCUT2D eigenvalue weighted by molar-refractivity contribution is 7.17. The van der Waals surface area contributed by atoms with Crippen LogP contribution in [0.25, 0.3) is 10.6 Å². The molecule has 6 heteroatoms. The normalized spacial score (nSPS) is 12.0. The summed E-state index contributed by atoms with van der Waals surface area (Å²) >= 11 is 1.40. The molecule has 0 radical (unpaired) electrons. The Morgan fingerprint density at radius 2 is 2.09 bits per heavy atom. The monoisotopic (exact) mass is 333 g/mol. The number of aryl methyl sites for hydroxylation is 1. The molecule has 3 N–H and O–H groups in total. The highest BCUT2D eigenvalue weighted by atomic mass is 32.1. The number of nitrogens with two attached hydrogens (primary N) is 1. The molecule has 5 nitrogen and oxygen atoms in total. The van der Waals surface area contributed by atoms with Gasteiger partial charge in [-0.05, 0) is 50.6 Å². The van der Waals surface area contributed by atoms with Gasteiger partial charge in [0.05, 0.1) is 12.3 Å². The topological polar surface area (TPSA) is 77.2 Å². The Bertz CT molecular complexity index is 652. The third kappa shape index (κ3) is 4.53. The van der Waals surface area contributed by atoms with E-state index in [-0.39, 0.29) is 11.8 Å². The van der Waals surface area contributed by atoms with Crippen molar-refractivity contribution in [3.05, 3.63) is 34.8 Å². The summed E-state index contributed by atoms with van der Waals surface area (Å²) < 4.78 is 5.44. The predicted molar refractivity (Wildman–Crippen MR) is 94.0 cm³/mol. The smallest absolute Gasteiger partial charge is 0.263 e. The first-order chi connectivity index (χ1) is 11.0. The summed E-state index contributed by atoms with van der Waals surface area (Å²) in [7, 11) is 0. The Balaban J connectivity index is 2.12. The van der Waals surface area contributed by atoms with Crippen molar-refractivity contribution in [2.24, 2.45) is 11.7 Å². The highest BCUT2D eigenvalue weighted by Gasteiger charge is 2.16. The van der Waals surface area contributed by atoms with E-state index >= 15 is 0 Å². The lowest BCUT2D eigenvalue weighted by Crippen LogP contribution is -2.31. The van der Waals surface area contributed by atoms with Gasteiger partial charge in [0.15, 0.2) is 0 Å². The van der Waals surface area contributed by atoms with Gasteiger partial charge in [-0.1, -0.05) is 6.92 Å². The van der Waals surface area contributed by atoms with Crippen molar-refractivity contribution in [1.29, 1.82) is 0 Å². The van der Waals surface area contributed by atoms with Crippen molar-refractivity contribution in [3.63, 3.8) is 0 Å². The van der Waals surface area contributed by atoms with Crippen molar-refractivity contribution >= 4 is 17.2 Å². The number of amides is 1. The molecule has 0 bridgehead atoms. The number of rotatable bonds is 7. The van der Waals surface area contributed by atoms with Crippen LogP contribution in [0.3, 0.4) is 0 Å². The molecule has 2 rings (SSSR count). The van der Waals surface area contributed by atoms with E-state index in [2.05, 4.69) is 10.3 Å². The molecule has 1 aromatic carbocycles. The first-order valence-electron chi connectivity index (χ1n) is 7.74. The zero-order valence-electron chi connectivity index (χ0n) is 13.8. The third-order valence-electron chi connectivity index (χ3n) is 3.43. The highest BCUT2D eigenvalue weighted by Crippen LogP contribution is 2.29. The summed E-state index contributed by atoms with van der Waals surface area (Å²) in [5.74, 6) is 1.01. The number of hydrogen-bond acceptors (Lipinski definition) is 5. The fourth-order valence-corrected chi connectivity index (χ4v) is 3.01. The lowest BCUT2D eigenvalue weighted by molar-refractivity contribution is 0.0952. The van der Waals surface area contributed by atoms with Crippen LogP contribution in [0.1, 0.15) is 29.2 Å². The number of aromatic nitrogens is 1. The van der Waals surface area contributed by atoms with Gasteiger partial charge in [-0.15, -0.1) is 11.3 Å². The van der Waals surface area contributed by atoms with Gasteiger partial charge in [0.2, 0.25) is 0 Å². The second-order valence-corrected chi connectivity index (χ2v) is 6.44. The Morgan fingerprint density at radius 3 is 2.70 bits per heavy atom. The zero-order chi connectivity index (χ0) is 16.8. The van der Waals surface area contributed by atoms with Crippen LogP contribution in [-0.4, -0.2) is 30.6 Å². The van der Waals surface area contributed by atoms with Crippen molar-refractivity contribution in [2.75, 3.05) is 19.7 Å². The summed E-state index contributed by atoms with van der Waals surface area (Å²) in [6.07, 6.45) is 0. The Morgan fingerprint density at radius 1 is 1.39 bits per heavy atom. The molecule has 124 valence electrons. The summed E-state index contributed by atoms with van der Waals surface area (Å²) in [4.78, 5) is 17.4.